The van der Waals surface area contributed by atoms with Gasteiger partial charge in [-0.1, -0.05) is 6.07 Å². The van der Waals surface area contributed by atoms with E-state index in [4.69, 9.17) is 4.74 Å². The van der Waals surface area contributed by atoms with Crippen LogP contribution in [0.25, 0.3) is 0 Å². The first-order valence-corrected chi connectivity index (χ1v) is 3.60. The zero-order valence-corrected chi connectivity index (χ0v) is 6.67. The van der Waals surface area contributed by atoms with E-state index in [1.165, 1.54) is 12.1 Å². The van der Waals surface area contributed by atoms with Crippen LogP contribution < -0.4 is 4.74 Å². The molecule has 1 nitrogen and oxygen atoms in total. The summed E-state index contributed by atoms with van der Waals surface area (Å²) in [5, 5.41) is 0. The average molecular weight is 154 g/mol. The highest BCUT2D eigenvalue weighted by Crippen LogP contribution is 2.13. The lowest BCUT2D eigenvalue weighted by molar-refractivity contribution is 0.241. The van der Waals surface area contributed by atoms with Crippen LogP contribution in [0.2, 0.25) is 0 Å². The molecule has 0 spiro atoms. The van der Waals surface area contributed by atoms with E-state index in [1.807, 2.05) is 13.8 Å². The molecule has 2 heteroatoms. The van der Waals surface area contributed by atoms with Crippen LogP contribution >= 0.6 is 0 Å². The predicted molar refractivity (Wildman–Crippen MR) is 42.2 cm³/mol. The number of hydrogen-bond donors (Lipinski definition) is 0. The Bertz CT molecular complexity index is 233. The maximum Gasteiger partial charge on any atom is 0.126 e. The molecule has 0 amide bonds. The van der Waals surface area contributed by atoms with Crippen LogP contribution in [0.3, 0.4) is 0 Å². The summed E-state index contributed by atoms with van der Waals surface area (Å²) in [6.45, 7) is 3.82. The van der Waals surface area contributed by atoms with Crippen molar-refractivity contribution in [3.05, 3.63) is 30.1 Å². The molecule has 0 aliphatic carbocycles. The van der Waals surface area contributed by atoms with Crippen molar-refractivity contribution in [2.45, 2.75) is 20.0 Å². The number of hydrogen-bond acceptors (Lipinski definition) is 1. The molecule has 0 heterocycles. The van der Waals surface area contributed by atoms with Crippen LogP contribution in [0.5, 0.6) is 5.75 Å². The quantitative estimate of drug-likeness (QED) is 0.636. The molecule has 0 aromatic heterocycles. The molecule has 11 heavy (non-hydrogen) atoms. The third-order valence-corrected chi connectivity index (χ3v) is 1.17. The van der Waals surface area contributed by atoms with Crippen molar-refractivity contribution in [3.8, 4) is 5.75 Å². The lowest BCUT2D eigenvalue weighted by Crippen LogP contribution is -2.05. The molecular formula is C9H11FO. The summed E-state index contributed by atoms with van der Waals surface area (Å²) in [4.78, 5) is 0. The number of halogens is 1. The number of benzene rings is 1. The second-order valence-corrected chi connectivity index (χ2v) is 2.62. The Morgan fingerprint density at radius 1 is 1.36 bits per heavy atom. The molecule has 0 unspecified atom stereocenters. The number of ether oxygens (including phenoxy) is 1. The standard InChI is InChI=1S/C9H11FO/c1-7(2)11-9-5-3-4-8(10)6-9/h3-7H,1-2H3. The molecule has 0 radical (unpaired) electrons. The van der Waals surface area contributed by atoms with E-state index >= 15 is 0 Å². The zero-order chi connectivity index (χ0) is 8.27. The fraction of sp³-hybridized carbons (Fsp3) is 0.333. The molecule has 0 atom stereocenters. The molecule has 0 saturated carbocycles. The van der Waals surface area contributed by atoms with E-state index in [1.54, 1.807) is 12.1 Å². The first-order chi connectivity index (χ1) is 5.18. The van der Waals surface area contributed by atoms with E-state index in [0.29, 0.717) is 5.75 Å². The molecule has 0 saturated heterocycles. The van der Waals surface area contributed by atoms with Gasteiger partial charge in [-0.05, 0) is 26.0 Å². The SMILES string of the molecule is CC(C)Oc1cccc(F)c1. The van der Waals surface area contributed by atoms with E-state index < -0.39 is 0 Å². The van der Waals surface area contributed by atoms with Crippen molar-refractivity contribution in [3.63, 3.8) is 0 Å². The van der Waals surface area contributed by atoms with Crippen LogP contribution in [0, 0.1) is 5.82 Å². The van der Waals surface area contributed by atoms with Gasteiger partial charge in [0, 0.05) is 6.07 Å². The van der Waals surface area contributed by atoms with Crippen molar-refractivity contribution in [1.29, 1.82) is 0 Å². The Balaban J connectivity index is 2.71. The van der Waals surface area contributed by atoms with Gasteiger partial charge in [-0.15, -0.1) is 0 Å². The maximum atomic E-state index is 12.5. The molecule has 1 aromatic rings. The van der Waals surface area contributed by atoms with Gasteiger partial charge in [0.05, 0.1) is 6.10 Å². The Hall–Kier alpha value is -1.05. The summed E-state index contributed by atoms with van der Waals surface area (Å²) < 4.78 is 17.8. The van der Waals surface area contributed by atoms with Crippen molar-refractivity contribution in [2.75, 3.05) is 0 Å². The Labute approximate surface area is 65.8 Å². The molecule has 0 fully saturated rings. The smallest absolute Gasteiger partial charge is 0.126 e. The first-order valence-electron chi connectivity index (χ1n) is 3.60. The van der Waals surface area contributed by atoms with Gasteiger partial charge >= 0.3 is 0 Å². The summed E-state index contributed by atoms with van der Waals surface area (Å²) >= 11 is 0. The topological polar surface area (TPSA) is 9.23 Å². The van der Waals surface area contributed by atoms with Crippen molar-refractivity contribution in [1.82, 2.24) is 0 Å². The van der Waals surface area contributed by atoms with Gasteiger partial charge in [-0.3, -0.25) is 0 Å². The van der Waals surface area contributed by atoms with Gasteiger partial charge in [0.15, 0.2) is 0 Å². The summed E-state index contributed by atoms with van der Waals surface area (Å²) in [6.07, 6.45) is 0.0943. The van der Waals surface area contributed by atoms with Gasteiger partial charge in [-0.25, -0.2) is 4.39 Å². The average Bonchev–Trinajstić information content (AvgIpc) is 1.85. The van der Waals surface area contributed by atoms with Crippen LogP contribution in [0.15, 0.2) is 24.3 Å². The van der Waals surface area contributed by atoms with E-state index in [-0.39, 0.29) is 11.9 Å². The maximum absolute atomic E-state index is 12.5. The van der Waals surface area contributed by atoms with Crippen molar-refractivity contribution < 1.29 is 9.13 Å². The van der Waals surface area contributed by atoms with Crippen LogP contribution in [0.4, 0.5) is 4.39 Å². The minimum Gasteiger partial charge on any atom is -0.491 e. The van der Waals surface area contributed by atoms with Crippen molar-refractivity contribution in [2.24, 2.45) is 0 Å². The molecule has 1 aromatic carbocycles. The fourth-order valence-electron chi connectivity index (χ4n) is 0.812. The van der Waals surface area contributed by atoms with Crippen molar-refractivity contribution >= 4 is 0 Å². The monoisotopic (exact) mass is 154 g/mol. The predicted octanol–water partition coefficient (Wildman–Crippen LogP) is 2.61. The van der Waals surface area contributed by atoms with Crippen LogP contribution in [-0.4, -0.2) is 6.10 Å². The van der Waals surface area contributed by atoms with E-state index in [0.717, 1.165) is 0 Å². The van der Waals surface area contributed by atoms with Gasteiger partial charge in [-0.2, -0.15) is 0 Å². The molecule has 1 rings (SSSR count). The minimum atomic E-state index is -0.261. The summed E-state index contributed by atoms with van der Waals surface area (Å²) in [5.74, 6) is 0.322. The van der Waals surface area contributed by atoms with Crippen LogP contribution in [0.1, 0.15) is 13.8 Å². The molecule has 0 bridgehead atoms. The zero-order valence-electron chi connectivity index (χ0n) is 6.67. The molecule has 0 aliphatic heterocycles. The molecular weight excluding hydrogens is 143 g/mol. The largest absolute Gasteiger partial charge is 0.491 e. The van der Waals surface area contributed by atoms with Gasteiger partial charge < -0.3 is 4.74 Å². The highest BCUT2D eigenvalue weighted by molar-refractivity contribution is 5.22. The van der Waals surface area contributed by atoms with Gasteiger partial charge in [0.2, 0.25) is 0 Å². The third kappa shape index (κ3) is 2.58. The molecule has 60 valence electrons. The highest BCUT2D eigenvalue weighted by Gasteiger charge is 1.97. The summed E-state index contributed by atoms with van der Waals surface area (Å²) in [7, 11) is 0. The van der Waals surface area contributed by atoms with Gasteiger partial charge in [0.25, 0.3) is 0 Å². The minimum absolute atomic E-state index is 0.0943. The first kappa shape index (κ1) is 8.05. The summed E-state index contributed by atoms with van der Waals surface area (Å²) in [6, 6.07) is 6.14. The lowest BCUT2D eigenvalue weighted by Gasteiger charge is -2.08. The lowest BCUT2D eigenvalue weighted by atomic mass is 10.3. The second kappa shape index (κ2) is 3.37. The Morgan fingerprint density at radius 3 is 2.64 bits per heavy atom. The highest BCUT2D eigenvalue weighted by atomic mass is 19.1. The Kier molecular flexibility index (Phi) is 2.47. The van der Waals surface area contributed by atoms with E-state index in [9.17, 15) is 4.39 Å². The molecule has 0 aliphatic rings. The van der Waals surface area contributed by atoms with Gasteiger partial charge in [0.1, 0.15) is 11.6 Å². The summed E-state index contributed by atoms with van der Waals surface area (Å²) in [5.41, 5.74) is 0. The van der Waals surface area contributed by atoms with Crippen LogP contribution in [-0.2, 0) is 0 Å². The second-order valence-electron chi connectivity index (χ2n) is 2.62. The fourth-order valence-corrected chi connectivity index (χ4v) is 0.812. The Morgan fingerprint density at radius 2 is 2.09 bits per heavy atom. The number of rotatable bonds is 2. The molecule has 0 N–H and O–H groups in total. The van der Waals surface area contributed by atoms with E-state index in [2.05, 4.69) is 0 Å². The third-order valence-electron chi connectivity index (χ3n) is 1.17. The normalized spacial score (nSPS) is 10.2.